The summed E-state index contributed by atoms with van der Waals surface area (Å²) < 4.78 is 0. The number of benzene rings is 1. The molecule has 1 unspecified atom stereocenters. The molecule has 24 heavy (non-hydrogen) atoms. The number of rotatable bonds is 3. The molecule has 3 fully saturated rings. The minimum Gasteiger partial charge on any atom is -0.371 e. The van der Waals surface area contributed by atoms with Crippen LogP contribution in [-0.4, -0.2) is 42.0 Å². The maximum atomic E-state index is 12.7. The molecule has 0 spiro atoms. The van der Waals surface area contributed by atoms with E-state index in [2.05, 4.69) is 47.6 Å². The molecule has 1 aromatic carbocycles. The minimum absolute atomic E-state index is 0.0557. The van der Waals surface area contributed by atoms with Gasteiger partial charge in [0.2, 0.25) is 5.91 Å². The summed E-state index contributed by atoms with van der Waals surface area (Å²) in [5.74, 6) is 0.223. The lowest BCUT2D eigenvalue weighted by Gasteiger charge is -2.24. The van der Waals surface area contributed by atoms with Crippen molar-refractivity contribution >= 4 is 11.6 Å². The highest BCUT2D eigenvalue weighted by molar-refractivity contribution is 5.80. The molecule has 5 heteroatoms. The van der Waals surface area contributed by atoms with E-state index in [9.17, 15) is 10.1 Å². The SMILES string of the molecule is Cc1cccc(N2CCC(C(=O)N[C@@H]3C[C@@H]4CC[C@H]3N4C#N)C2)c1. The number of nitrogens with zero attached hydrogens (tertiary/aromatic N) is 3. The number of amides is 1. The number of carbonyl (C=O) groups is 1. The summed E-state index contributed by atoms with van der Waals surface area (Å²) in [7, 11) is 0. The third-order valence-electron chi connectivity index (χ3n) is 5.91. The van der Waals surface area contributed by atoms with E-state index in [-0.39, 0.29) is 23.9 Å². The van der Waals surface area contributed by atoms with E-state index < -0.39 is 0 Å². The average molecular weight is 324 g/mol. The van der Waals surface area contributed by atoms with Gasteiger partial charge in [0.25, 0.3) is 0 Å². The Morgan fingerprint density at radius 2 is 2.21 bits per heavy atom. The van der Waals surface area contributed by atoms with E-state index in [0.717, 1.165) is 38.8 Å². The molecule has 1 N–H and O–H groups in total. The predicted molar refractivity (Wildman–Crippen MR) is 92.3 cm³/mol. The topological polar surface area (TPSA) is 59.4 Å². The number of hydrogen-bond acceptors (Lipinski definition) is 4. The fourth-order valence-corrected chi connectivity index (χ4v) is 4.63. The second-order valence-electron chi connectivity index (χ2n) is 7.43. The Morgan fingerprint density at radius 1 is 1.33 bits per heavy atom. The summed E-state index contributed by atoms with van der Waals surface area (Å²) in [4.78, 5) is 16.9. The van der Waals surface area contributed by atoms with Crippen molar-refractivity contribution in [3.05, 3.63) is 29.8 Å². The van der Waals surface area contributed by atoms with E-state index >= 15 is 0 Å². The van der Waals surface area contributed by atoms with Crippen molar-refractivity contribution in [3.8, 4) is 6.19 Å². The zero-order valence-electron chi connectivity index (χ0n) is 14.1. The van der Waals surface area contributed by atoms with Crippen LogP contribution >= 0.6 is 0 Å². The van der Waals surface area contributed by atoms with Crippen LogP contribution in [0.3, 0.4) is 0 Å². The maximum absolute atomic E-state index is 12.7. The van der Waals surface area contributed by atoms with Gasteiger partial charge in [-0.3, -0.25) is 4.79 Å². The van der Waals surface area contributed by atoms with Gasteiger partial charge in [-0.1, -0.05) is 12.1 Å². The molecule has 0 aliphatic carbocycles. The first kappa shape index (κ1) is 15.3. The zero-order valence-corrected chi connectivity index (χ0v) is 14.1. The van der Waals surface area contributed by atoms with Crippen LogP contribution in [0.15, 0.2) is 24.3 Å². The molecule has 3 saturated heterocycles. The first-order valence-electron chi connectivity index (χ1n) is 8.96. The summed E-state index contributed by atoms with van der Waals surface area (Å²) in [5.41, 5.74) is 2.46. The van der Waals surface area contributed by atoms with Crippen molar-refractivity contribution in [3.63, 3.8) is 0 Å². The van der Waals surface area contributed by atoms with Crippen molar-refractivity contribution in [2.24, 2.45) is 5.92 Å². The number of nitriles is 1. The fourth-order valence-electron chi connectivity index (χ4n) is 4.63. The van der Waals surface area contributed by atoms with Gasteiger partial charge in [0, 0.05) is 24.8 Å². The van der Waals surface area contributed by atoms with Gasteiger partial charge in [-0.2, -0.15) is 5.26 Å². The second kappa shape index (κ2) is 6.01. The summed E-state index contributed by atoms with van der Waals surface area (Å²) >= 11 is 0. The molecule has 2 bridgehead atoms. The van der Waals surface area contributed by atoms with Crippen LogP contribution in [0.2, 0.25) is 0 Å². The lowest BCUT2D eigenvalue weighted by Crippen LogP contribution is -2.46. The van der Waals surface area contributed by atoms with Crippen LogP contribution in [0, 0.1) is 24.3 Å². The largest absolute Gasteiger partial charge is 0.371 e. The third-order valence-corrected chi connectivity index (χ3v) is 5.91. The number of fused-ring (bicyclic) bond motifs is 2. The first-order chi connectivity index (χ1) is 11.7. The molecule has 3 aliphatic rings. The van der Waals surface area contributed by atoms with Crippen LogP contribution in [0.25, 0.3) is 0 Å². The van der Waals surface area contributed by atoms with Gasteiger partial charge >= 0.3 is 0 Å². The molecule has 4 rings (SSSR count). The monoisotopic (exact) mass is 324 g/mol. The van der Waals surface area contributed by atoms with E-state index in [1.807, 2.05) is 4.90 Å². The van der Waals surface area contributed by atoms with E-state index in [1.165, 1.54) is 11.3 Å². The van der Waals surface area contributed by atoms with Gasteiger partial charge in [-0.25, -0.2) is 0 Å². The molecular weight excluding hydrogens is 300 g/mol. The Labute approximate surface area is 143 Å². The average Bonchev–Trinajstić information content (AvgIpc) is 3.28. The maximum Gasteiger partial charge on any atom is 0.225 e. The lowest BCUT2D eigenvalue weighted by atomic mass is 9.95. The quantitative estimate of drug-likeness (QED) is 0.864. The highest BCUT2D eigenvalue weighted by Crippen LogP contribution is 2.37. The molecule has 126 valence electrons. The smallest absolute Gasteiger partial charge is 0.225 e. The zero-order chi connectivity index (χ0) is 16.7. The second-order valence-corrected chi connectivity index (χ2v) is 7.43. The number of nitrogens with one attached hydrogen (secondary N) is 1. The normalized spacial score (nSPS) is 31.3. The van der Waals surface area contributed by atoms with Crippen LogP contribution in [0.1, 0.15) is 31.2 Å². The number of hydrogen-bond donors (Lipinski definition) is 1. The van der Waals surface area contributed by atoms with E-state index in [1.54, 1.807) is 0 Å². The molecular formula is C19H24N4O. The van der Waals surface area contributed by atoms with Gasteiger partial charge in [0.15, 0.2) is 6.19 Å². The lowest BCUT2D eigenvalue weighted by molar-refractivity contribution is -0.125. The Kier molecular flexibility index (Phi) is 3.84. The first-order valence-corrected chi connectivity index (χ1v) is 8.96. The van der Waals surface area contributed by atoms with Crippen molar-refractivity contribution in [1.29, 1.82) is 5.26 Å². The van der Waals surface area contributed by atoms with Gasteiger partial charge in [-0.15, -0.1) is 0 Å². The van der Waals surface area contributed by atoms with Gasteiger partial charge < -0.3 is 15.1 Å². The summed E-state index contributed by atoms with van der Waals surface area (Å²) in [5, 5.41) is 12.5. The van der Waals surface area contributed by atoms with Gasteiger partial charge in [0.05, 0.1) is 18.0 Å². The van der Waals surface area contributed by atoms with E-state index in [4.69, 9.17) is 0 Å². The van der Waals surface area contributed by atoms with Crippen molar-refractivity contribution in [2.45, 2.75) is 50.7 Å². The summed E-state index contributed by atoms with van der Waals surface area (Å²) in [6, 6.07) is 9.19. The fraction of sp³-hybridized carbons (Fsp3) is 0.579. The van der Waals surface area contributed by atoms with Crippen LogP contribution in [0.4, 0.5) is 5.69 Å². The predicted octanol–water partition coefficient (Wildman–Crippen LogP) is 2.02. The molecule has 0 saturated carbocycles. The van der Waals surface area contributed by atoms with Gasteiger partial charge in [-0.05, 0) is 50.3 Å². The molecule has 5 nitrogen and oxygen atoms in total. The minimum atomic E-state index is 0.0557. The van der Waals surface area contributed by atoms with Crippen LogP contribution in [0.5, 0.6) is 0 Å². The molecule has 0 radical (unpaired) electrons. The highest BCUT2D eigenvalue weighted by atomic mass is 16.2. The third kappa shape index (κ3) is 2.60. The molecule has 4 atom stereocenters. The number of carbonyl (C=O) groups excluding carboxylic acids is 1. The standard InChI is InChI=1S/C19H24N4O/c1-13-3-2-4-15(9-13)22-8-7-14(11-22)19(24)21-17-10-16-5-6-18(17)23(16)12-20/h2-4,9,14,16-18H,5-8,10-11H2,1H3,(H,21,24)/t14?,16-,17+,18+/m0/s1. The van der Waals surface area contributed by atoms with Crippen LogP contribution in [-0.2, 0) is 4.79 Å². The van der Waals surface area contributed by atoms with Crippen molar-refractivity contribution < 1.29 is 4.79 Å². The Balaban J connectivity index is 1.36. The van der Waals surface area contributed by atoms with Crippen LogP contribution < -0.4 is 10.2 Å². The Hall–Kier alpha value is -2.22. The molecule has 3 heterocycles. The van der Waals surface area contributed by atoms with Gasteiger partial charge in [0.1, 0.15) is 0 Å². The van der Waals surface area contributed by atoms with Crippen molar-refractivity contribution in [2.75, 3.05) is 18.0 Å². The molecule has 3 aliphatic heterocycles. The number of aryl methyl sites for hydroxylation is 1. The van der Waals surface area contributed by atoms with E-state index in [0.29, 0.717) is 6.04 Å². The summed E-state index contributed by atoms with van der Waals surface area (Å²) in [6.07, 6.45) is 6.26. The molecule has 0 aromatic heterocycles. The Bertz CT molecular complexity index is 682. The molecule has 1 amide bonds. The van der Waals surface area contributed by atoms with Crippen molar-refractivity contribution in [1.82, 2.24) is 10.2 Å². The summed E-state index contributed by atoms with van der Waals surface area (Å²) in [6.45, 7) is 3.82. The Morgan fingerprint density at radius 3 is 2.96 bits per heavy atom. The molecule has 1 aromatic rings. The number of anilines is 1. The highest BCUT2D eigenvalue weighted by Gasteiger charge is 2.47.